The fraction of sp³-hybridized carbons (Fsp3) is 0.562. The Morgan fingerprint density at radius 3 is 2.76 bits per heavy atom. The summed E-state index contributed by atoms with van der Waals surface area (Å²) in [6.07, 6.45) is 3.02. The zero-order valence-corrected chi connectivity index (χ0v) is 14.3. The molecule has 116 valence electrons. The molecule has 2 rings (SSSR count). The van der Waals surface area contributed by atoms with Crippen LogP contribution in [0.3, 0.4) is 0 Å². The highest BCUT2D eigenvalue weighted by Crippen LogP contribution is 2.15. The fourth-order valence-electron chi connectivity index (χ4n) is 2.67. The first-order valence-corrected chi connectivity index (χ1v) is 8.33. The molecule has 1 aromatic carbocycles. The van der Waals surface area contributed by atoms with Gasteiger partial charge in [0, 0.05) is 35.2 Å². The third-order valence-electron chi connectivity index (χ3n) is 3.99. The zero-order valence-electron chi connectivity index (χ0n) is 12.7. The summed E-state index contributed by atoms with van der Waals surface area (Å²) in [5, 5.41) is 6.40. The molecule has 2 N–H and O–H groups in total. The molecule has 1 amide bonds. The molecule has 4 nitrogen and oxygen atoms in total. The second kappa shape index (κ2) is 7.92. The first-order chi connectivity index (χ1) is 10.0. The highest BCUT2D eigenvalue weighted by atomic mass is 79.9. The number of carbonyl (C=O) groups is 1. The van der Waals surface area contributed by atoms with Crippen LogP contribution in [-0.4, -0.2) is 43.0 Å². The molecule has 2 atom stereocenters. The molecule has 1 aliphatic rings. The van der Waals surface area contributed by atoms with Crippen molar-refractivity contribution in [3.05, 3.63) is 28.7 Å². The van der Waals surface area contributed by atoms with E-state index in [0.717, 1.165) is 16.7 Å². The van der Waals surface area contributed by atoms with Crippen molar-refractivity contribution >= 4 is 27.5 Å². The summed E-state index contributed by atoms with van der Waals surface area (Å²) in [7, 11) is 2.17. The number of amides is 1. The molecular formula is C16H24BrN3O. The van der Waals surface area contributed by atoms with Crippen molar-refractivity contribution in [2.24, 2.45) is 0 Å². The molecule has 1 aliphatic heterocycles. The van der Waals surface area contributed by atoms with Gasteiger partial charge in [0.15, 0.2) is 0 Å². The minimum absolute atomic E-state index is 0.0529. The quantitative estimate of drug-likeness (QED) is 0.826. The van der Waals surface area contributed by atoms with Crippen LogP contribution in [0.2, 0.25) is 0 Å². The molecule has 0 saturated carbocycles. The van der Waals surface area contributed by atoms with Crippen LogP contribution in [0.25, 0.3) is 0 Å². The van der Waals surface area contributed by atoms with Crippen molar-refractivity contribution < 1.29 is 4.79 Å². The lowest BCUT2D eigenvalue weighted by Crippen LogP contribution is -2.40. The molecule has 0 bridgehead atoms. The Morgan fingerprint density at radius 1 is 1.43 bits per heavy atom. The number of anilines is 1. The number of likely N-dealkylation sites (tertiary alicyclic amines) is 1. The van der Waals surface area contributed by atoms with Gasteiger partial charge in [0.25, 0.3) is 0 Å². The Kier molecular flexibility index (Phi) is 6.21. The minimum Gasteiger partial charge on any atom is -0.326 e. The summed E-state index contributed by atoms with van der Waals surface area (Å²) in [5.74, 6) is 0.0529. The summed E-state index contributed by atoms with van der Waals surface area (Å²) in [6, 6.07) is 8.44. The van der Waals surface area contributed by atoms with Gasteiger partial charge in [-0.05, 0) is 57.6 Å². The standard InChI is InChI=1S/C16H24BrN3O/c1-12(18-11-15-4-3-9-20(15)2)10-16(21)19-14-7-5-13(17)6-8-14/h5-8,12,15,18H,3-4,9-11H2,1-2H3,(H,19,21). The van der Waals surface area contributed by atoms with Crippen LogP contribution in [0.1, 0.15) is 26.2 Å². The van der Waals surface area contributed by atoms with Gasteiger partial charge < -0.3 is 15.5 Å². The van der Waals surface area contributed by atoms with E-state index in [-0.39, 0.29) is 11.9 Å². The van der Waals surface area contributed by atoms with Crippen LogP contribution in [0.15, 0.2) is 28.7 Å². The van der Waals surface area contributed by atoms with Crippen LogP contribution < -0.4 is 10.6 Å². The normalized spacial score (nSPS) is 20.4. The maximum absolute atomic E-state index is 12.0. The number of rotatable bonds is 6. The van der Waals surface area contributed by atoms with Gasteiger partial charge in [0.1, 0.15) is 0 Å². The Bertz CT molecular complexity index is 463. The lowest BCUT2D eigenvalue weighted by molar-refractivity contribution is -0.116. The lowest BCUT2D eigenvalue weighted by atomic mass is 10.1. The Morgan fingerprint density at radius 2 is 2.14 bits per heavy atom. The molecule has 0 radical (unpaired) electrons. The zero-order chi connectivity index (χ0) is 15.2. The number of hydrogen-bond acceptors (Lipinski definition) is 3. The van der Waals surface area contributed by atoms with Crippen LogP contribution in [0.4, 0.5) is 5.69 Å². The molecule has 21 heavy (non-hydrogen) atoms. The molecule has 0 aromatic heterocycles. The maximum atomic E-state index is 12.0. The van der Waals surface area contributed by atoms with Crippen molar-refractivity contribution in [2.75, 3.05) is 25.5 Å². The number of halogens is 1. The molecule has 1 heterocycles. The number of nitrogens with zero attached hydrogens (tertiary/aromatic N) is 1. The highest BCUT2D eigenvalue weighted by Gasteiger charge is 2.21. The predicted octanol–water partition coefficient (Wildman–Crippen LogP) is 2.85. The second-order valence-electron chi connectivity index (χ2n) is 5.85. The van der Waals surface area contributed by atoms with E-state index < -0.39 is 0 Å². The van der Waals surface area contributed by atoms with Crippen molar-refractivity contribution in [3.63, 3.8) is 0 Å². The lowest BCUT2D eigenvalue weighted by Gasteiger charge is -2.22. The van der Waals surface area contributed by atoms with E-state index in [1.165, 1.54) is 19.4 Å². The first kappa shape index (κ1) is 16.5. The highest BCUT2D eigenvalue weighted by molar-refractivity contribution is 9.10. The van der Waals surface area contributed by atoms with Crippen LogP contribution in [0.5, 0.6) is 0 Å². The summed E-state index contributed by atoms with van der Waals surface area (Å²) in [5.41, 5.74) is 0.839. The van der Waals surface area contributed by atoms with E-state index in [4.69, 9.17) is 0 Å². The summed E-state index contributed by atoms with van der Waals surface area (Å²) in [4.78, 5) is 14.4. The van der Waals surface area contributed by atoms with E-state index >= 15 is 0 Å². The van der Waals surface area contributed by atoms with Crippen LogP contribution in [-0.2, 0) is 4.79 Å². The maximum Gasteiger partial charge on any atom is 0.225 e. The minimum atomic E-state index is 0.0529. The Labute approximate surface area is 135 Å². The molecule has 0 spiro atoms. The predicted molar refractivity (Wildman–Crippen MR) is 90.5 cm³/mol. The third-order valence-corrected chi connectivity index (χ3v) is 4.52. The van der Waals surface area contributed by atoms with E-state index in [2.05, 4.69) is 45.4 Å². The van der Waals surface area contributed by atoms with Gasteiger partial charge in [0.2, 0.25) is 5.91 Å². The van der Waals surface area contributed by atoms with Crippen LogP contribution >= 0.6 is 15.9 Å². The fourth-order valence-corrected chi connectivity index (χ4v) is 2.93. The van der Waals surface area contributed by atoms with Gasteiger partial charge in [-0.15, -0.1) is 0 Å². The van der Waals surface area contributed by atoms with Gasteiger partial charge in [0.05, 0.1) is 0 Å². The van der Waals surface area contributed by atoms with Crippen molar-refractivity contribution in [3.8, 4) is 0 Å². The molecule has 5 heteroatoms. The SMILES string of the molecule is CC(CC(=O)Nc1ccc(Br)cc1)NCC1CCCN1C. The Hall–Kier alpha value is -0.910. The number of hydrogen-bond donors (Lipinski definition) is 2. The molecule has 0 aliphatic carbocycles. The number of nitrogens with one attached hydrogen (secondary N) is 2. The third kappa shape index (κ3) is 5.41. The van der Waals surface area contributed by atoms with Gasteiger partial charge in [-0.1, -0.05) is 15.9 Å². The largest absolute Gasteiger partial charge is 0.326 e. The van der Waals surface area contributed by atoms with E-state index in [1.54, 1.807) is 0 Å². The number of benzene rings is 1. The van der Waals surface area contributed by atoms with Gasteiger partial charge in [-0.25, -0.2) is 0 Å². The number of carbonyl (C=O) groups excluding carboxylic acids is 1. The molecular weight excluding hydrogens is 330 g/mol. The number of likely N-dealkylation sites (N-methyl/N-ethyl adjacent to an activating group) is 1. The monoisotopic (exact) mass is 353 g/mol. The van der Waals surface area contributed by atoms with E-state index in [0.29, 0.717) is 12.5 Å². The average Bonchev–Trinajstić information content (AvgIpc) is 2.84. The van der Waals surface area contributed by atoms with E-state index in [9.17, 15) is 4.79 Å². The summed E-state index contributed by atoms with van der Waals surface area (Å²) in [6.45, 7) is 4.21. The van der Waals surface area contributed by atoms with E-state index in [1.807, 2.05) is 24.3 Å². The van der Waals surface area contributed by atoms with Crippen molar-refractivity contribution in [1.82, 2.24) is 10.2 Å². The van der Waals surface area contributed by atoms with Crippen molar-refractivity contribution in [2.45, 2.75) is 38.3 Å². The molecule has 1 aromatic rings. The second-order valence-corrected chi connectivity index (χ2v) is 6.76. The summed E-state index contributed by atoms with van der Waals surface area (Å²) >= 11 is 3.38. The van der Waals surface area contributed by atoms with Gasteiger partial charge in [-0.2, -0.15) is 0 Å². The molecule has 1 fully saturated rings. The van der Waals surface area contributed by atoms with Crippen molar-refractivity contribution in [1.29, 1.82) is 0 Å². The Balaban J connectivity index is 1.70. The molecule has 1 saturated heterocycles. The topological polar surface area (TPSA) is 44.4 Å². The average molecular weight is 354 g/mol. The molecule has 2 unspecified atom stereocenters. The first-order valence-electron chi connectivity index (χ1n) is 7.53. The summed E-state index contributed by atoms with van der Waals surface area (Å²) < 4.78 is 1.01. The van der Waals surface area contributed by atoms with Crippen LogP contribution in [0, 0.1) is 0 Å². The van der Waals surface area contributed by atoms with Gasteiger partial charge in [-0.3, -0.25) is 4.79 Å². The van der Waals surface area contributed by atoms with Gasteiger partial charge >= 0.3 is 0 Å². The smallest absolute Gasteiger partial charge is 0.225 e.